The monoisotopic (exact) mass is 384 g/mol. The fourth-order valence-electron chi connectivity index (χ4n) is 3.84. The lowest BCUT2D eigenvalue weighted by Gasteiger charge is -2.48. The van der Waals surface area contributed by atoms with Crippen molar-refractivity contribution in [1.82, 2.24) is 0 Å². The molecular weight excluding hydrogens is 360 g/mol. The van der Waals surface area contributed by atoms with Gasteiger partial charge in [-0.25, -0.2) is 4.79 Å². The Morgan fingerprint density at radius 1 is 1.35 bits per heavy atom. The molecule has 0 aromatic heterocycles. The normalized spacial score (nSPS) is 31.8. The molecule has 0 aromatic carbocycles. The molecule has 0 amide bonds. The topological polar surface area (TPSA) is 78.9 Å². The van der Waals surface area contributed by atoms with Crippen LogP contribution in [-0.2, 0) is 28.6 Å². The van der Waals surface area contributed by atoms with Crippen molar-refractivity contribution in [2.24, 2.45) is 11.8 Å². The SMILES string of the molecule is C=C1C(=O)O[C@@H]2CC(=C)C(Cl)([C@@H](C)CCCOC(C)=O)[C@@H](OC(C)=O)[C@H]12. The van der Waals surface area contributed by atoms with Crippen molar-refractivity contribution < 1.29 is 28.6 Å². The van der Waals surface area contributed by atoms with Crippen LogP contribution in [0.1, 0.15) is 40.0 Å². The first kappa shape index (κ1) is 20.5. The number of hydrogen-bond acceptors (Lipinski definition) is 6. The van der Waals surface area contributed by atoms with Gasteiger partial charge < -0.3 is 14.2 Å². The standard InChI is InChI=1S/C19H25ClO6/c1-10(7-6-8-24-13(4)21)19(20)11(2)9-15-16(12(3)18(23)26-15)17(19)25-14(5)22/h10,15-17H,2-3,6-9H2,1,4-5H3/t10-,15+,16+,17-,19?/m0/s1. The molecule has 0 bridgehead atoms. The predicted octanol–water partition coefficient (Wildman–Crippen LogP) is 2.93. The van der Waals surface area contributed by atoms with Crippen LogP contribution in [0, 0.1) is 11.8 Å². The van der Waals surface area contributed by atoms with Gasteiger partial charge in [0, 0.05) is 25.8 Å². The first-order valence-corrected chi connectivity index (χ1v) is 9.04. The fraction of sp³-hybridized carbons (Fsp3) is 0.632. The average molecular weight is 385 g/mol. The minimum absolute atomic E-state index is 0.138. The molecule has 1 saturated heterocycles. The molecule has 1 aliphatic heterocycles. The van der Waals surface area contributed by atoms with Gasteiger partial charge in [0.1, 0.15) is 17.1 Å². The van der Waals surface area contributed by atoms with Crippen LogP contribution in [0.25, 0.3) is 0 Å². The largest absolute Gasteiger partial charge is 0.466 e. The van der Waals surface area contributed by atoms with Crippen LogP contribution in [0.3, 0.4) is 0 Å². The molecule has 2 aliphatic rings. The van der Waals surface area contributed by atoms with E-state index in [0.29, 0.717) is 24.8 Å². The summed E-state index contributed by atoms with van der Waals surface area (Å²) in [6, 6.07) is 0. The third-order valence-corrected chi connectivity index (χ3v) is 6.00. The lowest BCUT2D eigenvalue weighted by Crippen LogP contribution is -2.56. The summed E-state index contributed by atoms with van der Waals surface area (Å²) in [4.78, 5) is 33.5. The number of fused-ring (bicyclic) bond motifs is 1. The highest BCUT2D eigenvalue weighted by molar-refractivity contribution is 6.27. The summed E-state index contributed by atoms with van der Waals surface area (Å²) in [5.41, 5.74) is 0.931. The molecule has 5 atom stereocenters. The lowest BCUT2D eigenvalue weighted by atomic mass is 9.66. The molecule has 26 heavy (non-hydrogen) atoms. The van der Waals surface area contributed by atoms with E-state index in [1.807, 2.05) is 6.92 Å². The molecule has 0 radical (unpaired) electrons. The molecule has 0 N–H and O–H groups in total. The number of alkyl halides is 1. The second-order valence-electron chi connectivity index (χ2n) is 6.98. The average Bonchev–Trinajstić information content (AvgIpc) is 2.81. The zero-order chi connectivity index (χ0) is 19.6. The maximum absolute atomic E-state index is 12.0. The van der Waals surface area contributed by atoms with E-state index < -0.39 is 34.9 Å². The van der Waals surface area contributed by atoms with Crippen LogP contribution in [0.5, 0.6) is 0 Å². The van der Waals surface area contributed by atoms with Gasteiger partial charge in [0.15, 0.2) is 0 Å². The third kappa shape index (κ3) is 3.80. The van der Waals surface area contributed by atoms with E-state index in [0.717, 1.165) is 0 Å². The lowest BCUT2D eigenvalue weighted by molar-refractivity contribution is -0.155. The van der Waals surface area contributed by atoms with E-state index in [1.165, 1.54) is 13.8 Å². The summed E-state index contributed by atoms with van der Waals surface area (Å²) in [6.07, 6.45) is 0.374. The first-order chi connectivity index (χ1) is 12.1. The van der Waals surface area contributed by atoms with Gasteiger partial charge in [-0.15, -0.1) is 11.6 Å². The smallest absolute Gasteiger partial charge is 0.334 e. The van der Waals surface area contributed by atoms with Crippen LogP contribution < -0.4 is 0 Å². The first-order valence-electron chi connectivity index (χ1n) is 8.66. The second kappa shape index (κ2) is 7.82. The molecule has 2 rings (SSSR count). The number of carbonyl (C=O) groups is 3. The Kier molecular flexibility index (Phi) is 6.17. The molecule has 7 heteroatoms. The summed E-state index contributed by atoms with van der Waals surface area (Å²) in [6.45, 7) is 12.8. The van der Waals surface area contributed by atoms with E-state index in [9.17, 15) is 14.4 Å². The Balaban J connectivity index is 2.25. The highest BCUT2D eigenvalue weighted by Crippen LogP contribution is 2.53. The van der Waals surface area contributed by atoms with Gasteiger partial charge in [-0.1, -0.05) is 20.1 Å². The third-order valence-electron chi connectivity index (χ3n) is 5.15. The maximum Gasteiger partial charge on any atom is 0.334 e. The van der Waals surface area contributed by atoms with E-state index in [2.05, 4.69) is 13.2 Å². The molecular formula is C19H25ClO6. The van der Waals surface area contributed by atoms with Crippen LogP contribution in [0.15, 0.2) is 24.3 Å². The molecule has 1 aliphatic carbocycles. The van der Waals surface area contributed by atoms with Gasteiger partial charge in [-0.05, 0) is 24.3 Å². The van der Waals surface area contributed by atoms with Gasteiger partial charge in [-0.3, -0.25) is 9.59 Å². The molecule has 0 spiro atoms. The minimum atomic E-state index is -1.06. The van der Waals surface area contributed by atoms with E-state index in [-0.39, 0.29) is 24.1 Å². The van der Waals surface area contributed by atoms with Crippen LogP contribution in [0.4, 0.5) is 0 Å². The summed E-state index contributed by atoms with van der Waals surface area (Å²) in [5.74, 6) is -1.95. The second-order valence-corrected chi connectivity index (χ2v) is 7.61. The van der Waals surface area contributed by atoms with Gasteiger partial charge in [0.2, 0.25) is 0 Å². The van der Waals surface area contributed by atoms with Gasteiger partial charge in [-0.2, -0.15) is 0 Å². The molecule has 2 fully saturated rings. The summed E-state index contributed by atoms with van der Waals surface area (Å²) >= 11 is 7.01. The zero-order valence-electron chi connectivity index (χ0n) is 15.4. The highest BCUT2D eigenvalue weighted by atomic mass is 35.5. The predicted molar refractivity (Wildman–Crippen MR) is 95.4 cm³/mol. The Morgan fingerprint density at radius 3 is 2.58 bits per heavy atom. The van der Waals surface area contributed by atoms with Crippen molar-refractivity contribution in [2.45, 2.75) is 57.1 Å². The van der Waals surface area contributed by atoms with Crippen molar-refractivity contribution in [3.05, 3.63) is 24.3 Å². The fourth-order valence-corrected chi connectivity index (χ4v) is 4.20. The number of rotatable bonds is 6. The quantitative estimate of drug-likeness (QED) is 0.175. The number of carbonyl (C=O) groups excluding carboxylic acids is 3. The van der Waals surface area contributed by atoms with Crippen molar-refractivity contribution in [1.29, 1.82) is 0 Å². The number of halogens is 1. The Morgan fingerprint density at radius 2 is 2.00 bits per heavy atom. The van der Waals surface area contributed by atoms with Gasteiger partial charge in [0.05, 0.1) is 12.5 Å². The molecule has 0 aromatic rings. The highest BCUT2D eigenvalue weighted by Gasteiger charge is 2.60. The van der Waals surface area contributed by atoms with Crippen molar-refractivity contribution in [2.75, 3.05) is 6.61 Å². The zero-order valence-corrected chi connectivity index (χ0v) is 16.1. The molecule has 1 heterocycles. The summed E-state index contributed by atoms with van der Waals surface area (Å²) < 4.78 is 15.9. The minimum Gasteiger partial charge on any atom is -0.466 e. The molecule has 1 saturated carbocycles. The molecule has 6 nitrogen and oxygen atoms in total. The maximum atomic E-state index is 12.0. The van der Waals surface area contributed by atoms with Crippen molar-refractivity contribution in [3.63, 3.8) is 0 Å². The number of hydrogen-bond donors (Lipinski definition) is 0. The van der Waals surface area contributed by atoms with E-state index in [1.54, 1.807) is 0 Å². The van der Waals surface area contributed by atoms with Crippen molar-refractivity contribution in [3.8, 4) is 0 Å². The summed E-state index contributed by atoms with van der Waals surface area (Å²) in [5, 5.41) is 0. The van der Waals surface area contributed by atoms with Crippen LogP contribution >= 0.6 is 11.6 Å². The molecule has 144 valence electrons. The van der Waals surface area contributed by atoms with Crippen LogP contribution in [0.2, 0.25) is 0 Å². The summed E-state index contributed by atoms with van der Waals surface area (Å²) in [7, 11) is 0. The number of esters is 3. The molecule has 1 unspecified atom stereocenters. The van der Waals surface area contributed by atoms with Crippen molar-refractivity contribution >= 4 is 29.5 Å². The Bertz CT molecular complexity index is 642. The van der Waals surface area contributed by atoms with Crippen LogP contribution in [-0.4, -0.2) is 41.6 Å². The van der Waals surface area contributed by atoms with Gasteiger partial charge in [0.25, 0.3) is 0 Å². The Hall–Kier alpha value is -1.82. The number of ether oxygens (including phenoxy) is 3. The van der Waals surface area contributed by atoms with Gasteiger partial charge >= 0.3 is 17.9 Å². The van der Waals surface area contributed by atoms with E-state index >= 15 is 0 Å². The Labute approximate surface area is 158 Å². The van der Waals surface area contributed by atoms with E-state index in [4.69, 9.17) is 25.8 Å².